The Hall–Kier alpha value is -3.42. The zero-order chi connectivity index (χ0) is 20.0. The first-order chi connectivity index (χ1) is 12.8. The highest BCUT2D eigenvalue weighted by molar-refractivity contribution is 6.01. The fourth-order valence-corrected chi connectivity index (χ4v) is 2.44. The van der Waals surface area contributed by atoms with Gasteiger partial charge >= 0.3 is 6.03 Å². The van der Waals surface area contributed by atoms with Gasteiger partial charge in [-0.3, -0.25) is 9.59 Å². The van der Waals surface area contributed by atoms with E-state index in [-0.39, 0.29) is 11.5 Å². The van der Waals surface area contributed by atoms with E-state index in [9.17, 15) is 18.8 Å². The molecule has 2 aromatic carbocycles. The maximum Gasteiger partial charge on any atom is 0.316 e. The fraction of sp³-hybridized carbons (Fsp3) is 0.211. The highest BCUT2D eigenvalue weighted by Crippen LogP contribution is 2.16. The number of anilines is 2. The normalized spacial score (nSPS) is 11.6. The Morgan fingerprint density at radius 2 is 1.59 bits per heavy atom. The summed E-state index contributed by atoms with van der Waals surface area (Å²) in [5.41, 5.74) is 5.76. The van der Waals surface area contributed by atoms with E-state index in [0.717, 1.165) is 0 Å². The lowest BCUT2D eigenvalue weighted by Crippen LogP contribution is -2.47. The molecule has 2 aromatic rings. The molecule has 0 aliphatic carbocycles. The molecular formula is C19H21FN4O3. The second kappa shape index (κ2) is 8.79. The van der Waals surface area contributed by atoms with E-state index in [4.69, 9.17) is 5.73 Å². The van der Waals surface area contributed by atoms with Gasteiger partial charge in [-0.05, 0) is 36.2 Å². The highest BCUT2D eigenvalue weighted by atomic mass is 19.1. The van der Waals surface area contributed by atoms with Crippen molar-refractivity contribution < 1.29 is 18.8 Å². The highest BCUT2D eigenvalue weighted by Gasteiger charge is 2.25. The molecule has 2 rings (SSSR count). The second-order valence-electron chi connectivity index (χ2n) is 6.23. The SMILES string of the molecule is CC(C)C(NC(=O)c1ccccc1F)C(=O)Nc1cccc(NC(N)=O)c1. The number of carbonyl (C=O) groups is 3. The van der Waals surface area contributed by atoms with Gasteiger partial charge in [0.25, 0.3) is 5.91 Å². The molecule has 0 radical (unpaired) electrons. The van der Waals surface area contributed by atoms with E-state index < -0.39 is 29.7 Å². The molecule has 0 aromatic heterocycles. The van der Waals surface area contributed by atoms with Gasteiger partial charge in [-0.25, -0.2) is 9.18 Å². The lowest BCUT2D eigenvalue weighted by atomic mass is 10.0. The van der Waals surface area contributed by atoms with Crippen molar-refractivity contribution in [3.05, 3.63) is 59.9 Å². The van der Waals surface area contributed by atoms with Gasteiger partial charge in [0.2, 0.25) is 5.91 Å². The van der Waals surface area contributed by atoms with E-state index in [2.05, 4.69) is 16.0 Å². The van der Waals surface area contributed by atoms with Crippen molar-refractivity contribution in [1.29, 1.82) is 0 Å². The number of benzene rings is 2. The van der Waals surface area contributed by atoms with Crippen molar-refractivity contribution in [2.45, 2.75) is 19.9 Å². The molecule has 142 valence electrons. The van der Waals surface area contributed by atoms with E-state index in [1.165, 1.54) is 24.3 Å². The number of primary amides is 1. The molecular weight excluding hydrogens is 351 g/mol. The predicted octanol–water partition coefficient (Wildman–Crippen LogP) is 2.71. The first-order valence-electron chi connectivity index (χ1n) is 8.30. The topological polar surface area (TPSA) is 113 Å². The van der Waals surface area contributed by atoms with Crippen LogP contribution >= 0.6 is 0 Å². The minimum atomic E-state index is -0.884. The third-order valence-electron chi connectivity index (χ3n) is 3.75. The summed E-state index contributed by atoms with van der Waals surface area (Å²) in [4.78, 5) is 35.9. The molecule has 0 heterocycles. The van der Waals surface area contributed by atoms with Gasteiger partial charge in [0.15, 0.2) is 0 Å². The molecule has 1 atom stereocenters. The molecule has 27 heavy (non-hydrogen) atoms. The Kier molecular flexibility index (Phi) is 6.48. The molecule has 0 saturated carbocycles. The lowest BCUT2D eigenvalue weighted by molar-refractivity contribution is -0.118. The number of nitrogens with two attached hydrogens (primary N) is 1. The average molecular weight is 372 g/mol. The lowest BCUT2D eigenvalue weighted by Gasteiger charge is -2.22. The summed E-state index contributed by atoms with van der Waals surface area (Å²) < 4.78 is 13.8. The van der Waals surface area contributed by atoms with Crippen molar-refractivity contribution in [1.82, 2.24) is 5.32 Å². The average Bonchev–Trinajstić information content (AvgIpc) is 2.59. The van der Waals surface area contributed by atoms with Crippen molar-refractivity contribution in [2.24, 2.45) is 11.7 Å². The van der Waals surface area contributed by atoms with Crippen LogP contribution in [-0.2, 0) is 4.79 Å². The zero-order valence-corrected chi connectivity index (χ0v) is 15.0. The number of hydrogen-bond donors (Lipinski definition) is 4. The summed E-state index contributed by atoms with van der Waals surface area (Å²) in [6.45, 7) is 3.52. The van der Waals surface area contributed by atoms with Gasteiger partial charge in [-0.2, -0.15) is 0 Å². The minimum absolute atomic E-state index is 0.136. The van der Waals surface area contributed by atoms with Gasteiger partial charge in [0.05, 0.1) is 5.56 Å². The van der Waals surface area contributed by atoms with E-state index in [0.29, 0.717) is 11.4 Å². The molecule has 0 aliphatic rings. The Labute approximate surface area is 156 Å². The third kappa shape index (κ3) is 5.53. The van der Waals surface area contributed by atoms with Crippen LogP contribution in [0.2, 0.25) is 0 Å². The van der Waals surface area contributed by atoms with Crippen LogP contribution in [-0.4, -0.2) is 23.9 Å². The number of rotatable bonds is 6. The summed E-state index contributed by atoms with van der Waals surface area (Å²) in [5, 5.41) is 7.64. The van der Waals surface area contributed by atoms with Crippen molar-refractivity contribution >= 4 is 29.2 Å². The molecule has 0 fully saturated rings. The number of nitrogens with one attached hydrogen (secondary N) is 3. The maximum atomic E-state index is 13.8. The van der Waals surface area contributed by atoms with E-state index in [1.807, 2.05) is 0 Å². The summed E-state index contributed by atoms with van der Waals surface area (Å²) in [7, 11) is 0. The smallest absolute Gasteiger partial charge is 0.316 e. The molecule has 0 bridgehead atoms. The maximum absolute atomic E-state index is 13.8. The first kappa shape index (κ1) is 19.9. The third-order valence-corrected chi connectivity index (χ3v) is 3.75. The molecule has 5 N–H and O–H groups in total. The van der Waals surface area contributed by atoms with E-state index in [1.54, 1.807) is 38.1 Å². The van der Waals surface area contributed by atoms with Gasteiger partial charge in [0, 0.05) is 11.4 Å². The first-order valence-corrected chi connectivity index (χ1v) is 8.30. The zero-order valence-electron chi connectivity index (χ0n) is 15.0. The molecule has 0 aliphatic heterocycles. The second-order valence-corrected chi connectivity index (χ2v) is 6.23. The van der Waals surface area contributed by atoms with Crippen LogP contribution in [0, 0.1) is 11.7 Å². The van der Waals surface area contributed by atoms with Crippen molar-refractivity contribution in [3.8, 4) is 0 Å². The number of carbonyl (C=O) groups excluding carboxylic acids is 3. The van der Waals surface area contributed by atoms with Crippen LogP contribution in [0.5, 0.6) is 0 Å². The Morgan fingerprint density at radius 3 is 2.19 bits per heavy atom. The van der Waals surface area contributed by atoms with Crippen LogP contribution in [0.4, 0.5) is 20.6 Å². The Balaban J connectivity index is 2.12. The largest absolute Gasteiger partial charge is 0.351 e. The van der Waals surface area contributed by atoms with Crippen molar-refractivity contribution in [3.63, 3.8) is 0 Å². The van der Waals surface area contributed by atoms with Crippen LogP contribution in [0.15, 0.2) is 48.5 Å². The van der Waals surface area contributed by atoms with E-state index >= 15 is 0 Å². The number of halogens is 1. The Bertz CT molecular complexity index is 854. The monoisotopic (exact) mass is 372 g/mol. The quantitative estimate of drug-likeness (QED) is 0.625. The summed E-state index contributed by atoms with van der Waals surface area (Å²) in [6, 6.07) is 10.3. The molecule has 1 unspecified atom stereocenters. The van der Waals surface area contributed by atoms with Crippen molar-refractivity contribution in [2.75, 3.05) is 10.6 Å². The standard InChI is InChI=1S/C19H21FN4O3/c1-11(2)16(24-17(25)14-8-3-4-9-15(14)20)18(26)22-12-6-5-7-13(10-12)23-19(21)27/h3-11,16H,1-2H3,(H,22,26)(H,24,25)(H3,21,23,27). The van der Waals surface area contributed by atoms with Crippen LogP contribution in [0.3, 0.4) is 0 Å². The number of hydrogen-bond acceptors (Lipinski definition) is 3. The Morgan fingerprint density at radius 1 is 0.963 bits per heavy atom. The van der Waals surface area contributed by atoms with Gasteiger partial charge < -0.3 is 21.7 Å². The summed E-state index contributed by atoms with van der Waals surface area (Å²) >= 11 is 0. The summed E-state index contributed by atoms with van der Waals surface area (Å²) in [6.07, 6.45) is 0. The molecule has 0 spiro atoms. The van der Waals surface area contributed by atoms with Crippen LogP contribution < -0.4 is 21.7 Å². The predicted molar refractivity (Wildman–Crippen MR) is 101 cm³/mol. The van der Waals surface area contributed by atoms with Gasteiger partial charge in [0.1, 0.15) is 11.9 Å². The number of urea groups is 1. The minimum Gasteiger partial charge on any atom is -0.351 e. The van der Waals surface area contributed by atoms with Crippen LogP contribution in [0.1, 0.15) is 24.2 Å². The summed E-state index contributed by atoms with van der Waals surface area (Å²) in [5.74, 6) is -2.05. The molecule has 7 nitrogen and oxygen atoms in total. The fourth-order valence-electron chi connectivity index (χ4n) is 2.44. The molecule has 8 heteroatoms. The van der Waals surface area contributed by atoms with Crippen LogP contribution in [0.25, 0.3) is 0 Å². The number of amides is 4. The molecule has 4 amide bonds. The van der Waals surface area contributed by atoms with Gasteiger partial charge in [-0.15, -0.1) is 0 Å². The van der Waals surface area contributed by atoms with Gasteiger partial charge in [-0.1, -0.05) is 32.0 Å². The molecule has 0 saturated heterocycles.